The van der Waals surface area contributed by atoms with Gasteiger partial charge in [-0.2, -0.15) is 5.10 Å². The Balaban J connectivity index is 1.78. The van der Waals surface area contributed by atoms with Crippen LogP contribution in [-0.4, -0.2) is 26.4 Å². The van der Waals surface area contributed by atoms with Gasteiger partial charge in [0.1, 0.15) is 18.0 Å². The van der Waals surface area contributed by atoms with Crippen molar-refractivity contribution in [1.82, 2.24) is 16.1 Å². The summed E-state index contributed by atoms with van der Waals surface area (Å²) in [6, 6.07) is 14.7. The van der Waals surface area contributed by atoms with E-state index in [2.05, 4.69) is 16.1 Å². The average Bonchev–Trinajstić information content (AvgIpc) is 3.34. The fraction of sp³-hybridized carbons (Fsp3) is 0.174. The molecule has 3 aromatic rings. The van der Waals surface area contributed by atoms with Crippen molar-refractivity contribution in [3.8, 4) is 0 Å². The molecule has 0 amide bonds. The lowest BCUT2D eigenvalue weighted by Crippen LogP contribution is -2.40. The number of halogens is 3. The Morgan fingerprint density at radius 3 is 2.53 bits per heavy atom. The molecule has 0 saturated carbocycles. The van der Waals surface area contributed by atoms with Crippen LogP contribution in [0.5, 0.6) is 0 Å². The van der Waals surface area contributed by atoms with Gasteiger partial charge in [-0.1, -0.05) is 35.9 Å². The molecule has 0 spiro atoms. The van der Waals surface area contributed by atoms with Gasteiger partial charge in [-0.05, 0) is 60.9 Å². The van der Waals surface area contributed by atoms with Crippen molar-refractivity contribution in [2.75, 3.05) is 10.8 Å². The van der Waals surface area contributed by atoms with Crippen LogP contribution in [-0.2, 0) is 16.4 Å². The number of benzene rings is 3. The van der Waals surface area contributed by atoms with E-state index in [9.17, 15) is 17.2 Å². The number of rotatable bonds is 8. The van der Waals surface area contributed by atoms with Crippen LogP contribution in [0.3, 0.4) is 0 Å². The number of nitrogens with zero attached hydrogens (tertiary/aromatic N) is 3. The van der Waals surface area contributed by atoms with Gasteiger partial charge in [0, 0.05) is 17.6 Å². The van der Waals surface area contributed by atoms with E-state index in [0.29, 0.717) is 23.6 Å². The summed E-state index contributed by atoms with van der Waals surface area (Å²) in [5, 5.41) is 5.88. The van der Waals surface area contributed by atoms with E-state index in [4.69, 9.17) is 11.6 Å². The van der Waals surface area contributed by atoms with Crippen molar-refractivity contribution in [3.05, 3.63) is 94.5 Å². The first-order valence-corrected chi connectivity index (χ1v) is 12.2. The molecular weight excluding hydrogens is 484 g/mol. The van der Waals surface area contributed by atoms with E-state index in [0.717, 1.165) is 28.1 Å². The molecule has 1 aliphatic rings. The predicted molar refractivity (Wildman–Crippen MR) is 128 cm³/mol. The zero-order valence-electron chi connectivity index (χ0n) is 18.1. The molecular formula is C23H22ClF2N5O2S. The summed E-state index contributed by atoms with van der Waals surface area (Å²) >= 11 is 5.93. The zero-order chi connectivity index (χ0) is 24.3. The number of nitrogens with one attached hydrogen (secondary N) is 2. The maximum absolute atomic E-state index is 14.9. The lowest BCUT2D eigenvalue weighted by atomic mass is 9.98. The van der Waals surface area contributed by atoms with Crippen LogP contribution < -0.4 is 15.3 Å². The van der Waals surface area contributed by atoms with Crippen LogP contribution in [0.4, 0.5) is 14.5 Å². The van der Waals surface area contributed by atoms with Gasteiger partial charge in [-0.15, -0.1) is 5.12 Å². The second-order valence-electron chi connectivity index (χ2n) is 7.61. The Labute approximate surface area is 201 Å². The highest BCUT2D eigenvalue weighted by atomic mass is 35.5. The van der Waals surface area contributed by atoms with E-state index in [1.165, 1.54) is 30.6 Å². The molecule has 11 heteroatoms. The maximum Gasteiger partial charge on any atom is 0.264 e. The van der Waals surface area contributed by atoms with Gasteiger partial charge in [0.05, 0.1) is 16.6 Å². The summed E-state index contributed by atoms with van der Waals surface area (Å²) in [5.41, 5.74) is 6.80. The molecule has 1 aliphatic heterocycles. The minimum absolute atomic E-state index is 0.0903. The van der Waals surface area contributed by atoms with Crippen molar-refractivity contribution in [2.45, 2.75) is 24.3 Å². The van der Waals surface area contributed by atoms with E-state index in [1.54, 1.807) is 24.2 Å². The van der Waals surface area contributed by atoms with Gasteiger partial charge in [-0.3, -0.25) is 9.73 Å². The van der Waals surface area contributed by atoms with Gasteiger partial charge in [0.15, 0.2) is 0 Å². The van der Waals surface area contributed by atoms with Crippen LogP contribution >= 0.6 is 11.6 Å². The standard InChI is InChI=1S/C23H22ClF2N5O2S/c1-16(21-5-3-2-4-17(21)12-13-30-28-15-27-29-30)31(23-14-19(25)8-11-22(23)26)34(32,33)20-9-6-18(24)7-10-20/h2-11,14-16,29H,12-13H2,1H3,(H,27,28). The molecule has 0 aliphatic carbocycles. The third-order valence-corrected chi connectivity index (χ3v) is 7.59. The molecule has 1 heterocycles. The van der Waals surface area contributed by atoms with E-state index in [1.807, 2.05) is 12.1 Å². The Morgan fingerprint density at radius 1 is 1.09 bits per heavy atom. The number of sulfonamides is 1. The van der Waals surface area contributed by atoms with Crippen LogP contribution in [0.25, 0.3) is 0 Å². The number of hydrogen-bond acceptors (Lipinski definition) is 6. The van der Waals surface area contributed by atoms with Crippen LogP contribution in [0.15, 0.2) is 76.7 Å². The Morgan fingerprint density at radius 2 is 1.82 bits per heavy atom. The monoisotopic (exact) mass is 505 g/mol. The summed E-state index contributed by atoms with van der Waals surface area (Å²) in [5.74, 6) is -1.61. The number of hydrazone groups is 1. The lowest BCUT2D eigenvalue weighted by Gasteiger charge is -2.32. The first-order chi connectivity index (χ1) is 16.3. The van der Waals surface area contributed by atoms with Crippen molar-refractivity contribution in [2.24, 2.45) is 5.10 Å². The molecule has 1 atom stereocenters. The molecule has 4 rings (SSSR count). The van der Waals surface area contributed by atoms with Crippen LogP contribution in [0, 0.1) is 11.6 Å². The molecule has 0 fully saturated rings. The molecule has 7 nitrogen and oxygen atoms in total. The highest BCUT2D eigenvalue weighted by molar-refractivity contribution is 7.92. The molecule has 0 bridgehead atoms. The molecule has 0 radical (unpaired) electrons. The lowest BCUT2D eigenvalue weighted by molar-refractivity contribution is 0.183. The normalized spacial score (nSPS) is 14.5. The van der Waals surface area contributed by atoms with E-state index < -0.39 is 27.7 Å². The molecule has 1 unspecified atom stereocenters. The fourth-order valence-electron chi connectivity index (χ4n) is 3.79. The molecule has 0 saturated heterocycles. The molecule has 178 valence electrons. The predicted octanol–water partition coefficient (Wildman–Crippen LogP) is 4.39. The van der Waals surface area contributed by atoms with Crippen LogP contribution in [0.2, 0.25) is 5.02 Å². The number of anilines is 1. The SMILES string of the molecule is CC(c1ccccc1CCN1NC=NN1)N(c1cc(F)ccc1F)S(=O)(=O)c1ccc(Cl)cc1. The number of hydrazine groups is 2. The van der Waals surface area contributed by atoms with Crippen molar-refractivity contribution in [1.29, 1.82) is 0 Å². The van der Waals surface area contributed by atoms with Crippen molar-refractivity contribution < 1.29 is 17.2 Å². The topological polar surface area (TPSA) is 77.0 Å². The Bertz CT molecular complexity index is 1300. The molecule has 34 heavy (non-hydrogen) atoms. The van der Waals surface area contributed by atoms with Gasteiger partial charge in [-0.25, -0.2) is 22.7 Å². The number of hydrogen-bond donors (Lipinski definition) is 2. The first kappa shape index (κ1) is 23.9. The largest absolute Gasteiger partial charge is 0.289 e. The van der Waals surface area contributed by atoms with Crippen LogP contribution in [0.1, 0.15) is 24.1 Å². The molecule has 2 N–H and O–H groups in total. The van der Waals surface area contributed by atoms with E-state index >= 15 is 0 Å². The molecule has 3 aromatic carbocycles. The Kier molecular flexibility index (Phi) is 7.01. The highest BCUT2D eigenvalue weighted by Crippen LogP contribution is 2.36. The quantitative estimate of drug-likeness (QED) is 0.475. The van der Waals surface area contributed by atoms with Gasteiger partial charge in [0.2, 0.25) is 0 Å². The Hall–Kier alpha value is -3.21. The molecule has 0 aromatic heterocycles. The maximum atomic E-state index is 14.9. The smallest absolute Gasteiger partial charge is 0.264 e. The minimum atomic E-state index is -4.29. The fourth-order valence-corrected chi connectivity index (χ4v) is 5.55. The second-order valence-corrected chi connectivity index (χ2v) is 9.87. The third kappa shape index (κ3) is 4.98. The van der Waals surface area contributed by atoms with E-state index in [-0.39, 0.29) is 10.6 Å². The van der Waals surface area contributed by atoms with Gasteiger partial charge >= 0.3 is 0 Å². The van der Waals surface area contributed by atoms with Gasteiger partial charge in [0.25, 0.3) is 10.0 Å². The second kappa shape index (κ2) is 9.96. The zero-order valence-corrected chi connectivity index (χ0v) is 19.7. The first-order valence-electron chi connectivity index (χ1n) is 10.4. The highest BCUT2D eigenvalue weighted by Gasteiger charge is 2.33. The summed E-state index contributed by atoms with van der Waals surface area (Å²) in [7, 11) is -4.29. The van der Waals surface area contributed by atoms with Crippen molar-refractivity contribution >= 4 is 33.7 Å². The summed E-state index contributed by atoms with van der Waals surface area (Å²) in [4.78, 5) is -0.0903. The van der Waals surface area contributed by atoms with Gasteiger partial charge < -0.3 is 0 Å². The third-order valence-electron chi connectivity index (χ3n) is 5.43. The summed E-state index contributed by atoms with van der Waals surface area (Å²) in [6.45, 7) is 2.16. The summed E-state index contributed by atoms with van der Waals surface area (Å²) in [6.07, 6.45) is 2.03. The summed E-state index contributed by atoms with van der Waals surface area (Å²) < 4.78 is 57.5. The minimum Gasteiger partial charge on any atom is -0.289 e. The average molecular weight is 506 g/mol. The van der Waals surface area contributed by atoms with Crippen molar-refractivity contribution in [3.63, 3.8) is 0 Å².